The standard InChI is InChI=1S/C22H25N5O4/c1-30-18-8-5-14(11-19(18)31-2)17-9-10-24-20-12-16(26-27(17)20)22(29)25-15-6-3-13(4-7-15)21(23)28/h5,8-13,15H,3-4,6-7H2,1-2H3,(H2,23,28)(H,25,29)/t13-,15-. The predicted octanol–water partition coefficient (Wildman–Crippen LogP) is 2.19. The zero-order valence-corrected chi connectivity index (χ0v) is 17.5. The molecule has 9 nitrogen and oxygen atoms in total. The Morgan fingerprint density at radius 1 is 1.06 bits per heavy atom. The molecule has 1 fully saturated rings. The van der Waals surface area contributed by atoms with Gasteiger partial charge in [-0.05, 0) is 49.9 Å². The minimum atomic E-state index is -0.265. The second-order valence-electron chi connectivity index (χ2n) is 7.62. The van der Waals surface area contributed by atoms with E-state index in [0.717, 1.165) is 24.1 Å². The number of hydrogen-bond donors (Lipinski definition) is 2. The number of benzene rings is 1. The van der Waals surface area contributed by atoms with Crippen LogP contribution in [0.3, 0.4) is 0 Å². The first-order valence-corrected chi connectivity index (χ1v) is 10.2. The number of nitrogens with zero attached hydrogens (tertiary/aromatic N) is 3. The van der Waals surface area contributed by atoms with Crippen LogP contribution in [0.25, 0.3) is 16.9 Å². The molecule has 0 atom stereocenters. The highest BCUT2D eigenvalue weighted by atomic mass is 16.5. The molecule has 2 heterocycles. The largest absolute Gasteiger partial charge is 0.493 e. The maximum Gasteiger partial charge on any atom is 0.272 e. The lowest BCUT2D eigenvalue weighted by Gasteiger charge is -2.27. The molecule has 0 spiro atoms. The van der Waals surface area contributed by atoms with Crippen molar-refractivity contribution in [1.82, 2.24) is 19.9 Å². The third kappa shape index (κ3) is 4.16. The maximum atomic E-state index is 12.8. The zero-order chi connectivity index (χ0) is 22.0. The third-order valence-electron chi connectivity index (χ3n) is 5.73. The summed E-state index contributed by atoms with van der Waals surface area (Å²) in [5, 5.41) is 7.51. The minimum Gasteiger partial charge on any atom is -0.493 e. The van der Waals surface area contributed by atoms with Crippen LogP contribution >= 0.6 is 0 Å². The Labute approximate surface area is 179 Å². The number of amides is 2. The predicted molar refractivity (Wildman–Crippen MR) is 114 cm³/mol. The van der Waals surface area contributed by atoms with Crippen molar-refractivity contribution in [3.05, 3.63) is 42.2 Å². The third-order valence-corrected chi connectivity index (χ3v) is 5.73. The van der Waals surface area contributed by atoms with Crippen molar-refractivity contribution in [3.8, 4) is 22.8 Å². The van der Waals surface area contributed by atoms with Gasteiger partial charge in [0.05, 0.1) is 19.9 Å². The molecule has 2 amide bonds. The van der Waals surface area contributed by atoms with Crippen LogP contribution in [0.4, 0.5) is 0 Å². The molecule has 3 aromatic rings. The first-order valence-electron chi connectivity index (χ1n) is 10.2. The topological polar surface area (TPSA) is 121 Å². The van der Waals surface area contributed by atoms with Crippen molar-refractivity contribution < 1.29 is 19.1 Å². The van der Waals surface area contributed by atoms with Crippen LogP contribution in [0.15, 0.2) is 36.5 Å². The summed E-state index contributed by atoms with van der Waals surface area (Å²) in [6, 6.07) is 9.06. The summed E-state index contributed by atoms with van der Waals surface area (Å²) in [4.78, 5) is 28.5. The van der Waals surface area contributed by atoms with Crippen molar-refractivity contribution in [2.75, 3.05) is 14.2 Å². The maximum absolute atomic E-state index is 12.8. The molecule has 0 unspecified atom stereocenters. The molecular formula is C22H25N5O4. The number of primary amides is 1. The van der Waals surface area contributed by atoms with E-state index in [-0.39, 0.29) is 29.5 Å². The average Bonchev–Trinajstić information content (AvgIpc) is 3.23. The molecule has 1 aliphatic carbocycles. The fourth-order valence-electron chi connectivity index (χ4n) is 4.00. The lowest BCUT2D eigenvalue weighted by atomic mass is 9.85. The van der Waals surface area contributed by atoms with E-state index in [1.165, 1.54) is 0 Å². The molecule has 0 aliphatic heterocycles. The highest BCUT2D eigenvalue weighted by Crippen LogP contribution is 2.32. The Morgan fingerprint density at radius 2 is 1.81 bits per heavy atom. The fraction of sp³-hybridized carbons (Fsp3) is 0.364. The number of nitrogens with one attached hydrogen (secondary N) is 1. The second kappa shape index (κ2) is 8.63. The van der Waals surface area contributed by atoms with Crippen molar-refractivity contribution in [2.24, 2.45) is 11.7 Å². The SMILES string of the molecule is COc1ccc(-c2ccnc3cc(C(=O)N[C@H]4CC[C@H](C(N)=O)CC4)nn23)cc1OC. The fourth-order valence-corrected chi connectivity index (χ4v) is 4.00. The van der Waals surface area contributed by atoms with Gasteiger partial charge in [-0.25, -0.2) is 9.50 Å². The number of ether oxygens (including phenoxy) is 2. The first-order chi connectivity index (χ1) is 15.0. The highest BCUT2D eigenvalue weighted by molar-refractivity contribution is 5.93. The van der Waals surface area contributed by atoms with Gasteiger partial charge in [-0.1, -0.05) is 0 Å². The molecule has 1 saturated carbocycles. The van der Waals surface area contributed by atoms with Crippen LogP contribution < -0.4 is 20.5 Å². The number of fused-ring (bicyclic) bond motifs is 1. The smallest absolute Gasteiger partial charge is 0.272 e. The van der Waals surface area contributed by atoms with E-state index in [1.807, 2.05) is 24.3 Å². The van der Waals surface area contributed by atoms with E-state index in [2.05, 4.69) is 15.4 Å². The van der Waals surface area contributed by atoms with Crippen molar-refractivity contribution in [3.63, 3.8) is 0 Å². The summed E-state index contributed by atoms with van der Waals surface area (Å²) < 4.78 is 12.3. The molecule has 9 heteroatoms. The number of rotatable bonds is 6. The number of hydrogen-bond acceptors (Lipinski definition) is 6. The van der Waals surface area contributed by atoms with Crippen molar-refractivity contribution >= 4 is 17.5 Å². The van der Waals surface area contributed by atoms with Crippen LogP contribution in [0.1, 0.15) is 36.2 Å². The quantitative estimate of drug-likeness (QED) is 0.627. The molecule has 4 rings (SSSR count). The van der Waals surface area contributed by atoms with Gasteiger partial charge in [-0.3, -0.25) is 9.59 Å². The summed E-state index contributed by atoms with van der Waals surface area (Å²) in [5.74, 6) is 0.603. The Balaban J connectivity index is 1.57. The molecule has 1 aliphatic rings. The van der Waals surface area contributed by atoms with Crippen LogP contribution in [0, 0.1) is 5.92 Å². The summed E-state index contributed by atoms with van der Waals surface area (Å²) in [6.07, 6.45) is 4.51. The summed E-state index contributed by atoms with van der Waals surface area (Å²) in [5.41, 5.74) is 7.86. The van der Waals surface area contributed by atoms with Gasteiger partial charge < -0.3 is 20.5 Å². The molecule has 2 aromatic heterocycles. The van der Waals surface area contributed by atoms with Gasteiger partial charge in [0.15, 0.2) is 22.8 Å². The highest BCUT2D eigenvalue weighted by Gasteiger charge is 2.26. The van der Waals surface area contributed by atoms with Crippen LogP contribution in [0.2, 0.25) is 0 Å². The Morgan fingerprint density at radius 3 is 2.48 bits per heavy atom. The van der Waals surface area contributed by atoms with Gasteiger partial charge in [-0.2, -0.15) is 5.10 Å². The Kier molecular flexibility index (Phi) is 5.75. The van der Waals surface area contributed by atoms with Crippen LogP contribution in [-0.4, -0.2) is 46.7 Å². The van der Waals surface area contributed by atoms with E-state index in [9.17, 15) is 9.59 Å². The molecule has 0 radical (unpaired) electrons. The monoisotopic (exact) mass is 423 g/mol. The summed E-state index contributed by atoms with van der Waals surface area (Å²) >= 11 is 0. The van der Waals surface area contributed by atoms with Gasteiger partial charge in [0.25, 0.3) is 5.91 Å². The van der Waals surface area contributed by atoms with E-state index >= 15 is 0 Å². The molecule has 162 valence electrons. The van der Waals surface area contributed by atoms with Crippen molar-refractivity contribution in [1.29, 1.82) is 0 Å². The van der Waals surface area contributed by atoms with Crippen LogP contribution in [0.5, 0.6) is 11.5 Å². The van der Waals surface area contributed by atoms with Gasteiger partial charge in [0.1, 0.15) is 0 Å². The van der Waals surface area contributed by atoms with Gasteiger partial charge >= 0.3 is 0 Å². The van der Waals surface area contributed by atoms with Gasteiger partial charge in [0.2, 0.25) is 5.91 Å². The number of nitrogens with two attached hydrogens (primary N) is 1. The zero-order valence-electron chi connectivity index (χ0n) is 17.5. The van der Waals surface area contributed by atoms with Crippen molar-refractivity contribution in [2.45, 2.75) is 31.7 Å². The number of methoxy groups -OCH3 is 2. The molecule has 0 saturated heterocycles. The summed E-state index contributed by atoms with van der Waals surface area (Å²) in [7, 11) is 3.16. The molecule has 0 bridgehead atoms. The van der Waals surface area contributed by atoms with E-state index in [4.69, 9.17) is 15.2 Å². The van der Waals surface area contributed by atoms with Gasteiger partial charge in [-0.15, -0.1) is 0 Å². The van der Waals surface area contributed by atoms with E-state index in [1.54, 1.807) is 31.0 Å². The van der Waals surface area contributed by atoms with E-state index in [0.29, 0.717) is 30.0 Å². The number of carbonyl (C=O) groups excluding carboxylic acids is 2. The van der Waals surface area contributed by atoms with Gasteiger partial charge in [0, 0.05) is 29.8 Å². The number of carbonyl (C=O) groups is 2. The lowest BCUT2D eigenvalue weighted by Crippen LogP contribution is -2.39. The summed E-state index contributed by atoms with van der Waals surface area (Å²) in [6.45, 7) is 0. The average molecular weight is 423 g/mol. The Hall–Kier alpha value is -3.62. The Bertz CT molecular complexity index is 1120. The normalized spacial score (nSPS) is 18.5. The molecular weight excluding hydrogens is 398 g/mol. The lowest BCUT2D eigenvalue weighted by molar-refractivity contribution is -0.122. The molecule has 3 N–H and O–H groups in total. The van der Waals surface area contributed by atoms with E-state index < -0.39 is 0 Å². The first kappa shape index (κ1) is 20.6. The second-order valence-corrected chi connectivity index (χ2v) is 7.62. The number of aromatic nitrogens is 3. The molecule has 31 heavy (non-hydrogen) atoms. The van der Waals surface area contributed by atoms with Crippen LogP contribution in [-0.2, 0) is 4.79 Å². The minimum absolute atomic E-state index is 0.00573. The molecule has 1 aromatic carbocycles.